The normalized spacial score (nSPS) is 32.9. The summed E-state index contributed by atoms with van der Waals surface area (Å²) in [6.45, 7) is 0. The molecule has 8 heteroatoms. The minimum absolute atomic E-state index is 0.00900. The predicted octanol–water partition coefficient (Wildman–Crippen LogP) is 1.46. The molecule has 4 aliphatic carbocycles. The Kier molecular flexibility index (Phi) is 2.96. The second kappa shape index (κ2) is 5.00. The molecule has 1 heterocycles. The molecular weight excluding hydrogens is 322 g/mol. The van der Waals surface area contributed by atoms with E-state index >= 15 is 0 Å². The molecule has 0 spiro atoms. The van der Waals surface area contributed by atoms with Gasteiger partial charge in [-0.25, -0.2) is 0 Å². The largest absolute Gasteiger partial charge is 0.816 e. The summed E-state index contributed by atoms with van der Waals surface area (Å²) in [6, 6.07) is 5.41. The highest BCUT2D eigenvalue weighted by Gasteiger charge is 2.56. The van der Waals surface area contributed by atoms with Gasteiger partial charge in [0.2, 0.25) is 0 Å². The summed E-state index contributed by atoms with van der Waals surface area (Å²) in [5.74, 6) is 2.21. The molecule has 0 radical (unpaired) electrons. The van der Waals surface area contributed by atoms with Gasteiger partial charge in [0.1, 0.15) is 11.2 Å². The van der Waals surface area contributed by atoms with Crippen LogP contribution >= 0.6 is 0 Å². The topological polar surface area (TPSA) is 101 Å². The fraction of sp³-hybridized carbons (Fsp3) is 0.588. The van der Waals surface area contributed by atoms with Crippen LogP contribution in [-0.4, -0.2) is 20.0 Å². The lowest BCUT2D eigenvalue weighted by Gasteiger charge is -2.53. The predicted molar refractivity (Wildman–Crippen MR) is 83.8 cm³/mol. The van der Waals surface area contributed by atoms with E-state index in [0.29, 0.717) is 5.69 Å². The Labute approximate surface area is 144 Å². The van der Waals surface area contributed by atoms with Crippen molar-refractivity contribution in [1.29, 1.82) is 0 Å². The van der Waals surface area contributed by atoms with Crippen molar-refractivity contribution in [1.82, 2.24) is 15.1 Å². The number of nitro benzene ring substituents is 1. The molecular formula is C17H19N5O3. The summed E-state index contributed by atoms with van der Waals surface area (Å²) in [5, 5.41) is 31.9. The molecule has 4 fully saturated rings. The van der Waals surface area contributed by atoms with E-state index in [1.807, 2.05) is 0 Å². The number of hydrogen-bond donors (Lipinski definition) is 0. The Balaban J connectivity index is 1.51. The molecule has 4 bridgehead atoms. The smallest absolute Gasteiger partial charge is 0.272 e. The van der Waals surface area contributed by atoms with Gasteiger partial charge < -0.3 is 5.11 Å². The van der Waals surface area contributed by atoms with Gasteiger partial charge in [-0.1, -0.05) is 0 Å². The van der Waals surface area contributed by atoms with E-state index in [4.69, 9.17) is 0 Å². The number of hydrogen-bond acceptors (Lipinski definition) is 5. The number of benzene rings is 1. The average Bonchev–Trinajstić information content (AvgIpc) is 2.96. The van der Waals surface area contributed by atoms with Crippen LogP contribution < -0.4 is 9.79 Å². The van der Waals surface area contributed by atoms with Gasteiger partial charge in [0, 0.05) is 12.1 Å². The van der Waals surface area contributed by atoms with Crippen molar-refractivity contribution in [2.75, 3.05) is 0 Å². The van der Waals surface area contributed by atoms with Crippen molar-refractivity contribution in [2.45, 2.75) is 44.1 Å². The summed E-state index contributed by atoms with van der Waals surface area (Å²) in [7, 11) is 0. The molecule has 2 aromatic rings. The molecule has 0 N–H and O–H groups in total. The Bertz CT molecular complexity index is 809. The summed E-state index contributed by atoms with van der Waals surface area (Å²) in [4.78, 5) is 12.0. The molecule has 1 aromatic heterocycles. The third-order valence-electron chi connectivity index (χ3n) is 6.27. The van der Waals surface area contributed by atoms with Crippen LogP contribution in [0.5, 0.6) is 6.01 Å². The number of aromatic nitrogens is 4. The van der Waals surface area contributed by atoms with E-state index in [1.54, 1.807) is 4.80 Å². The van der Waals surface area contributed by atoms with Gasteiger partial charge in [-0.15, -0.1) is 4.68 Å². The van der Waals surface area contributed by atoms with Gasteiger partial charge in [0.25, 0.3) is 11.7 Å². The molecule has 0 atom stereocenters. The van der Waals surface area contributed by atoms with E-state index in [9.17, 15) is 15.2 Å². The Morgan fingerprint density at radius 1 is 1.08 bits per heavy atom. The molecule has 1 aromatic carbocycles. The first-order valence-corrected chi connectivity index (χ1v) is 8.84. The van der Waals surface area contributed by atoms with Gasteiger partial charge in [-0.3, -0.25) is 10.1 Å². The average molecular weight is 341 g/mol. The highest BCUT2D eigenvalue weighted by Crippen LogP contribution is 2.58. The van der Waals surface area contributed by atoms with Crippen LogP contribution in [0.4, 0.5) is 5.69 Å². The van der Waals surface area contributed by atoms with E-state index in [1.165, 1.54) is 48.2 Å². The zero-order chi connectivity index (χ0) is 17.2. The molecule has 0 unspecified atom stereocenters. The first kappa shape index (κ1) is 14.8. The fourth-order valence-corrected chi connectivity index (χ4v) is 5.65. The highest BCUT2D eigenvalue weighted by atomic mass is 16.6. The summed E-state index contributed by atoms with van der Waals surface area (Å²) in [5.41, 5.74) is 0.386. The minimum Gasteiger partial charge on any atom is -0.816 e. The monoisotopic (exact) mass is 341 g/mol. The van der Waals surface area contributed by atoms with Gasteiger partial charge in [0.15, 0.2) is 0 Å². The van der Waals surface area contributed by atoms with Crippen LogP contribution in [0.25, 0.3) is 5.69 Å². The molecule has 0 saturated heterocycles. The van der Waals surface area contributed by atoms with E-state index in [2.05, 4.69) is 10.3 Å². The molecule has 4 aliphatic rings. The van der Waals surface area contributed by atoms with E-state index in [0.717, 1.165) is 37.0 Å². The van der Waals surface area contributed by atoms with Crippen LogP contribution in [0, 0.1) is 27.9 Å². The van der Waals surface area contributed by atoms with Gasteiger partial charge >= 0.3 is 0 Å². The first-order chi connectivity index (χ1) is 12.0. The van der Waals surface area contributed by atoms with E-state index in [-0.39, 0.29) is 11.2 Å². The molecule has 8 nitrogen and oxygen atoms in total. The molecule has 25 heavy (non-hydrogen) atoms. The van der Waals surface area contributed by atoms with Crippen LogP contribution in [0.2, 0.25) is 0 Å². The second-order valence-corrected chi connectivity index (χ2v) is 7.99. The van der Waals surface area contributed by atoms with Crippen molar-refractivity contribution in [3.8, 4) is 11.7 Å². The van der Waals surface area contributed by atoms with Crippen molar-refractivity contribution in [3.05, 3.63) is 34.4 Å². The van der Waals surface area contributed by atoms with Crippen molar-refractivity contribution >= 4 is 5.69 Å². The van der Waals surface area contributed by atoms with Gasteiger partial charge in [-0.2, -0.15) is 0 Å². The fourth-order valence-electron chi connectivity index (χ4n) is 5.65. The maximum atomic E-state index is 12.4. The zero-order valence-corrected chi connectivity index (χ0v) is 13.7. The van der Waals surface area contributed by atoms with E-state index < -0.39 is 10.9 Å². The third kappa shape index (κ3) is 2.23. The van der Waals surface area contributed by atoms with Gasteiger partial charge in [-0.05, 0) is 73.2 Å². The number of nitro groups is 1. The van der Waals surface area contributed by atoms with Crippen LogP contribution in [0.1, 0.15) is 38.5 Å². The SMILES string of the molecule is O=[N+]([O-])c1ccc(-[n+]2nn(C34CC5CC(CC(C5)C3)C4)nc2[O-])cc1. The third-order valence-corrected chi connectivity index (χ3v) is 6.27. The Hall–Kier alpha value is -2.51. The Morgan fingerprint density at radius 3 is 2.16 bits per heavy atom. The van der Waals surface area contributed by atoms with Crippen molar-refractivity contribution < 1.29 is 14.7 Å². The maximum absolute atomic E-state index is 12.4. The number of tetrazole rings is 1. The molecule has 130 valence electrons. The maximum Gasteiger partial charge on any atom is 0.272 e. The lowest BCUT2D eigenvalue weighted by molar-refractivity contribution is -0.705. The summed E-state index contributed by atoms with van der Waals surface area (Å²) >= 11 is 0. The standard InChI is InChI=1S/C17H19N5O3/c23-16-18-22(17-8-11-5-12(9-17)7-13(6-11)10-17)19-20(16)14-1-3-15(4-2-14)21(24)25/h1-4,11-13H,5-10H2. The number of nitrogens with zero attached hydrogens (tertiary/aromatic N) is 5. The quantitative estimate of drug-likeness (QED) is 0.478. The molecule has 0 aliphatic heterocycles. The summed E-state index contributed by atoms with van der Waals surface area (Å²) < 4.78 is 1.25. The summed E-state index contributed by atoms with van der Waals surface area (Å²) in [6.07, 6.45) is 7.13. The number of rotatable bonds is 3. The van der Waals surface area contributed by atoms with Crippen LogP contribution in [0.3, 0.4) is 0 Å². The lowest BCUT2D eigenvalue weighted by atomic mass is 9.53. The molecule has 0 amide bonds. The first-order valence-electron chi connectivity index (χ1n) is 8.84. The lowest BCUT2D eigenvalue weighted by Crippen LogP contribution is -2.53. The van der Waals surface area contributed by atoms with Crippen molar-refractivity contribution in [2.24, 2.45) is 17.8 Å². The second-order valence-electron chi connectivity index (χ2n) is 7.99. The van der Waals surface area contributed by atoms with Crippen molar-refractivity contribution in [3.63, 3.8) is 0 Å². The Morgan fingerprint density at radius 2 is 1.64 bits per heavy atom. The van der Waals surface area contributed by atoms with Crippen LogP contribution in [-0.2, 0) is 5.54 Å². The highest BCUT2D eigenvalue weighted by molar-refractivity contribution is 5.36. The van der Waals surface area contributed by atoms with Gasteiger partial charge in [0.05, 0.1) is 15.2 Å². The minimum atomic E-state index is -0.459. The molecule has 6 rings (SSSR count). The number of non-ortho nitro benzene ring substituents is 1. The molecule has 4 saturated carbocycles. The zero-order valence-electron chi connectivity index (χ0n) is 13.7. The van der Waals surface area contributed by atoms with Crippen LogP contribution in [0.15, 0.2) is 24.3 Å².